The molecule has 1 aromatic heterocycles. The highest BCUT2D eigenvalue weighted by Gasteiger charge is 2.55. The average Bonchev–Trinajstić information content (AvgIpc) is 3.45. The first-order valence-corrected chi connectivity index (χ1v) is 11.6. The fraction of sp³-hybridized carbons (Fsp3) is 0.625. The second kappa shape index (κ2) is 6.87. The summed E-state index contributed by atoms with van der Waals surface area (Å²) in [6, 6.07) is 8.71. The number of hydrogen-bond donors (Lipinski definition) is 0. The number of para-hydroxylation sites is 1. The number of benzene rings is 1. The Labute approximate surface area is 182 Å². The van der Waals surface area contributed by atoms with Crippen LogP contribution in [0.25, 0.3) is 0 Å². The summed E-state index contributed by atoms with van der Waals surface area (Å²) in [6.45, 7) is 4.22. The maximum absolute atomic E-state index is 13.3. The van der Waals surface area contributed by atoms with Gasteiger partial charge in [0.25, 0.3) is 5.91 Å². The van der Waals surface area contributed by atoms with Gasteiger partial charge in [0.1, 0.15) is 0 Å². The van der Waals surface area contributed by atoms with Crippen LogP contribution in [-0.4, -0.2) is 47.2 Å². The third kappa shape index (κ3) is 2.82. The molecule has 0 unspecified atom stereocenters. The molecule has 7 nitrogen and oxygen atoms in total. The van der Waals surface area contributed by atoms with Crippen molar-refractivity contribution < 1.29 is 14.2 Å². The molecule has 4 aliphatic rings. The molecule has 0 radical (unpaired) electrons. The zero-order chi connectivity index (χ0) is 21.2. The quantitative estimate of drug-likeness (QED) is 0.750. The summed E-state index contributed by atoms with van der Waals surface area (Å²) in [5.74, 6) is 2.10. The van der Waals surface area contributed by atoms with Gasteiger partial charge in [0, 0.05) is 18.5 Å². The molecular formula is C24H30N4O3. The van der Waals surface area contributed by atoms with Gasteiger partial charge in [-0.25, -0.2) is 0 Å². The molecule has 0 atom stereocenters. The number of hydroxylamine groups is 1. The molecule has 3 fully saturated rings. The van der Waals surface area contributed by atoms with Crippen LogP contribution in [0.1, 0.15) is 68.1 Å². The predicted octanol–water partition coefficient (Wildman–Crippen LogP) is 3.74. The highest BCUT2D eigenvalue weighted by Crippen LogP contribution is 2.57. The van der Waals surface area contributed by atoms with E-state index in [1.807, 2.05) is 25.1 Å². The number of fused-ring (bicyclic) bond motifs is 2. The van der Waals surface area contributed by atoms with Crippen LogP contribution in [0.2, 0.25) is 0 Å². The SMILES string of the molecule is CON1C(=O)C2(CCC(N3CCC4(CC(c5nc(C)no5)C4)C3)CC2)c2ccccc21. The van der Waals surface area contributed by atoms with E-state index in [9.17, 15) is 4.79 Å². The largest absolute Gasteiger partial charge is 0.339 e. The van der Waals surface area contributed by atoms with Crippen LogP contribution in [-0.2, 0) is 15.0 Å². The molecule has 7 heteroatoms. The molecule has 164 valence electrons. The molecule has 2 aliphatic heterocycles. The van der Waals surface area contributed by atoms with Crippen molar-refractivity contribution in [2.24, 2.45) is 5.41 Å². The zero-order valence-electron chi connectivity index (χ0n) is 18.3. The maximum Gasteiger partial charge on any atom is 0.261 e. The molecule has 2 saturated carbocycles. The van der Waals surface area contributed by atoms with E-state index in [4.69, 9.17) is 9.36 Å². The van der Waals surface area contributed by atoms with Gasteiger partial charge in [0.05, 0.1) is 18.2 Å². The summed E-state index contributed by atoms with van der Waals surface area (Å²) in [6.07, 6.45) is 7.53. The van der Waals surface area contributed by atoms with Gasteiger partial charge >= 0.3 is 0 Å². The third-order valence-corrected chi connectivity index (χ3v) is 8.46. The van der Waals surface area contributed by atoms with E-state index in [0.29, 0.717) is 17.4 Å². The van der Waals surface area contributed by atoms with E-state index >= 15 is 0 Å². The number of carbonyl (C=O) groups is 1. The summed E-state index contributed by atoms with van der Waals surface area (Å²) in [7, 11) is 1.59. The minimum Gasteiger partial charge on any atom is -0.339 e. The van der Waals surface area contributed by atoms with Crippen molar-refractivity contribution in [3.8, 4) is 0 Å². The Bertz CT molecular complexity index is 1000. The Morgan fingerprint density at radius 1 is 1.16 bits per heavy atom. The number of anilines is 1. The minimum atomic E-state index is -0.405. The normalized spacial score (nSPS) is 35.2. The van der Waals surface area contributed by atoms with Crippen molar-refractivity contribution >= 4 is 11.6 Å². The summed E-state index contributed by atoms with van der Waals surface area (Å²) < 4.78 is 5.40. The minimum absolute atomic E-state index is 0.115. The van der Waals surface area contributed by atoms with E-state index in [2.05, 4.69) is 21.1 Å². The lowest BCUT2D eigenvalue weighted by atomic mass is 9.61. The number of aromatic nitrogens is 2. The van der Waals surface area contributed by atoms with Crippen molar-refractivity contribution in [1.82, 2.24) is 15.0 Å². The molecule has 31 heavy (non-hydrogen) atoms. The first-order chi connectivity index (χ1) is 15.0. The predicted molar refractivity (Wildman–Crippen MR) is 115 cm³/mol. The Kier molecular flexibility index (Phi) is 4.31. The first-order valence-electron chi connectivity index (χ1n) is 11.6. The average molecular weight is 423 g/mol. The zero-order valence-corrected chi connectivity index (χ0v) is 18.3. The summed E-state index contributed by atoms with van der Waals surface area (Å²) in [5, 5.41) is 5.46. The Balaban J connectivity index is 1.12. The van der Waals surface area contributed by atoms with E-state index in [0.717, 1.165) is 61.5 Å². The number of rotatable bonds is 3. The molecule has 1 amide bonds. The molecule has 2 aromatic rings. The highest BCUT2D eigenvalue weighted by molar-refractivity contribution is 6.06. The van der Waals surface area contributed by atoms with Crippen LogP contribution in [0, 0.1) is 12.3 Å². The molecule has 3 heterocycles. The molecule has 0 bridgehead atoms. The third-order valence-electron chi connectivity index (χ3n) is 8.46. The van der Waals surface area contributed by atoms with Crippen LogP contribution in [0.5, 0.6) is 0 Å². The van der Waals surface area contributed by atoms with Gasteiger partial charge in [0.15, 0.2) is 5.82 Å². The topological polar surface area (TPSA) is 71.7 Å². The molecule has 6 rings (SSSR count). The number of amides is 1. The number of aryl methyl sites for hydroxylation is 1. The van der Waals surface area contributed by atoms with Crippen molar-refractivity contribution in [2.45, 2.75) is 69.2 Å². The lowest BCUT2D eigenvalue weighted by Crippen LogP contribution is -2.47. The second-order valence-electron chi connectivity index (χ2n) is 10.1. The molecular weight excluding hydrogens is 392 g/mol. The van der Waals surface area contributed by atoms with Gasteiger partial charge in [-0.1, -0.05) is 23.4 Å². The van der Waals surface area contributed by atoms with E-state index in [1.54, 1.807) is 7.11 Å². The van der Waals surface area contributed by atoms with Crippen molar-refractivity contribution in [3.05, 3.63) is 41.5 Å². The van der Waals surface area contributed by atoms with E-state index in [-0.39, 0.29) is 5.91 Å². The fourth-order valence-corrected chi connectivity index (χ4v) is 6.85. The lowest BCUT2D eigenvalue weighted by molar-refractivity contribution is -0.130. The Morgan fingerprint density at radius 3 is 2.65 bits per heavy atom. The molecule has 1 saturated heterocycles. The van der Waals surface area contributed by atoms with Gasteiger partial charge in [0.2, 0.25) is 5.89 Å². The summed E-state index contributed by atoms with van der Waals surface area (Å²) >= 11 is 0. The van der Waals surface area contributed by atoms with E-state index in [1.165, 1.54) is 24.6 Å². The second-order valence-corrected chi connectivity index (χ2v) is 10.1. The Morgan fingerprint density at radius 2 is 1.94 bits per heavy atom. The molecule has 1 aromatic carbocycles. The van der Waals surface area contributed by atoms with Crippen LogP contribution in [0.3, 0.4) is 0 Å². The number of hydrogen-bond acceptors (Lipinski definition) is 6. The molecule has 2 spiro atoms. The fourth-order valence-electron chi connectivity index (χ4n) is 6.85. The van der Waals surface area contributed by atoms with Crippen LogP contribution < -0.4 is 5.06 Å². The highest BCUT2D eigenvalue weighted by atomic mass is 16.7. The lowest BCUT2D eigenvalue weighted by Gasteiger charge is -2.45. The van der Waals surface area contributed by atoms with Crippen molar-refractivity contribution in [2.75, 3.05) is 25.3 Å². The number of likely N-dealkylation sites (tertiary alicyclic amines) is 1. The maximum atomic E-state index is 13.3. The summed E-state index contributed by atoms with van der Waals surface area (Å²) in [5.41, 5.74) is 2.09. The van der Waals surface area contributed by atoms with Gasteiger partial charge in [-0.3, -0.25) is 14.5 Å². The first kappa shape index (κ1) is 19.4. The van der Waals surface area contributed by atoms with Gasteiger partial charge in [-0.15, -0.1) is 0 Å². The van der Waals surface area contributed by atoms with Crippen LogP contribution in [0.15, 0.2) is 28.8 Å². The van der Waals surface area contributed by atoms with Crippen LogP contribution >= 0.6 is 0 Å². The number of carbonyl (C=O) groups excluding carboxylic acids is 1. The van der Waals surface area contributed by atoms with E-state index < -0.39 is 5.41 Å². The van der Waals surface area contributed by atoms with Crippen LogP contribution in [0.4, 0.5) is 5.69 Å². The standard InChI is InChI=1S/C24H30N4O3/c1-16-25-21(31-26-16)17-13-23(14-17)11-12-27(15-23)18-7-9-24(10-8-18)19-5-3-4-6-20(19)28(30-2)22(24)29/h3-6,17-18H,7-15H2,1-2H3. The van der Waals surface area contributed by atoms with Gasteiger partial charge < -0.3 is 4.52 Å². The van der Waals surface area contributed by atoms with Crippen molar-refractivity contribution in [3.63, 3.8) is 0 Å². The Hall–Kier alpha value is -2.25. The monoisotopic (exact) mass is 422 g/mol. The van der Waals surface area contributed by atoms with Crippen molar-refractivity contribution in [1.29, 1.82) is 0 Å². The van der Waals surface area contributed by atoms with Gasteiger partial charge in [-0.2, -0.15) is 10.0 Å². The smallest absolute Gasteiger partial charge is 0.261 e. The van der Waals surface area contributed by atoms with Gasteiger partial charge in [-0.05, 0) is 75.5 Å². The molecule has 2 aliphatic carbocycles. The summed E-state index contributed by atoms with van der Waals surface area (Å²) in [4.78, 5) is 25.9. The number of nitrogens with zero attached hydrogens (tertiary/aromatic N) is 4. The molecule has 0 N–H and O–H groups in total.